The fourth-order valence-electron chi connectivity index (χ4n) is 3.00. The third-order valence-electron chi connectivity index (χ3n) is 4.50. The highest BCUT2D eigenvalue weighted by Crippen LogP contribution is 2.37. The molecule has 3 aromatic rings. The minimum Gasteiger partial charge on any atom is -0.461 e. The molecule has 0 saturated carbocycles. The lowest BCUT2D eigenvalue weighted by molar-refractivity contribution is -0.156. The van der Waals surface area contributed by atoms with Crippen molar-refractivity contribution in [3.63, 3.8) is 0 Å². The summed E-state index contributed by atoms with van der Waals surface area (Å²) in [7, 11) is 0. The number of pyridine rings is 1. The summed E-state index contributed by atoms with van der Waals surface area (Å²) in [6.07, 6.45) is -10.5. The maximum Gasteiger partial charge on any atom is 0.419 e. The Morgan fingerprint density at radius 2 is 1.82 bits per heavy atom. The number of benzene rings is 1. The van der Waals surface area contributed by atoms with Gasteiger partial charge in [-0.05, 0) is 36.8 Å². The van der Waals surface area contributed by atoms with Crippen molar-refractivity contribution in [2.45, 2.75) is 25.3 Å². The number of H-pyrrole nitrogens is 1. The Hall–Kier alpha value is -3.35. The third kappa shape index (κ3) is 5.24. The zero-order valence-electron chi connectivity index (χ0n) is 16.9. The highest BCUT2D eigenvalue weighted by atomic mass is 35.5. The molecule has 2 N–H and O–H groups in total. The van der Waals surface area contributed by atoms with Gasteiger partial charge in [0.2, 0.25) is 0 Å². The van der Waals surface area contributed by atoms with Crippen LogP contribution in [0, 0.1) is 5.82 Å². The Morgan fingerprint density at radius 1 is 1.15 bits per heavy atom. The van der Waals surface area contributed by atoms with Gasteiger partial charge in [-0.3, -0.25) is 4.79 Å². The van der Waals surface area contributed by atoms with Crippen molar-refractivity contribution in [3.05, 3.63) is 63.7 Å². The molecule has 1 unspecified atom stereocenters. The summed E-state index contributed by atoms with van der Waals surface area (Å²) in [5.74, 6) is -3.98. The number of carbonyl (C=O) groups excluding carboxylic acids is 2. The van der Waals surface area contributed by atoms with Gasteiger partial charge in [0, 0.05) is 0 Å². The molecule has 1 atom stereocenters. The standard InChI is InChI=1S/C20H13ClF7N3O3/c1-2-34-18(33)15-10(21)6-12-13(30-15)7-14(29-12)17(32)31-16(20(26,27)28)8-3-4-11(22)9(5-8)19(23,24)25/h3-7,16,29H,2H2,1H3,(H,31,32). The second-order valence-electron chi connectivity index (χ2n) is 6.84. The number of esters is 1. The zero-order valence-corrected chi connectivity index (χ0v) is 17.6. The second-order valence-corrected chi connectivity index (χ2v) is 7.25. The van der Waals surface area contributed by atoms with Gasteiger partial charge in [-0.15, -0.1) is 0 Å². The van der Waals surface area contributed by atoms with Crippen molar-refractivity contribution >= 4 is 34.5 Å². The molecule has 0 aliphatic carbocycles. The highest BCUT2D eigenvalue weighted by Gasteiger charge is 2.44. The molecule has 0 spiro atoms. The summed E-state index contributed by atoms with van der Waals surface area (Å²) >= 11 is 5.96. The van der Waals surface area contributed by atoms with Crippen molar-refractivity contribution in [1.29, 1.82) is 0 Å². The second kappa shape index (κ2) is 9.12. The molecule has 0 saturated heterocycles. The molecule has 182 valence electrons. The molecule has 1 amide bonds. The summed E-state index contributed by atoms with van der Waals surface area (Å²) in [4.78, 5) is 30.8. The normalized spacial score (nSPS) is 13.1. The van der Waals surface area contributed by atoms with E-state index in [4.69, 9.17) is 16.3 Å². The van der Waals surface area contributed by atoms with Gasteiger partial charge in [0.25, 0.3) is 5.91 Å². The number of fused-ring (bicyclic) bond motifs is 1. The van der Waals surface area contributed by atoms with Crippen LogP contribution in [-0.4, -0.2) is 34.6 Å². The first-order chi connectivity index (χ1) is 15.7. The molecule has 14 heteroatoms. The fraction of sp³-hybridized carbons (Fsp3) is 0.250. The van der Waals surface area contributed by atoms with Gasteiger partial charge in [-0.25, -0.2) is 14.2 Å². The average Bonchev–Trinajstić information content (AvgIpc) is 3.13. The number of halogens is 8. The molecular weight excluding hydrogens is 499 g/mol. The zero-order chi connectivity index (χ0) is 25.4. The van der Waals surface area contributed by atoms with Gasteiger partial charge in [0.05, 0.1) is 28.2 Å². The van der Waals surface area contributed by atoms with Gasteiger partial charge in [-0.2, -0.15) is 26.3 Å². The molecule has 6 nitrogen and oxygen atoms in total. The number of ether oxygens (including phenoxy) is 1. The van der Waals surface area contributed by atoms with Crippen LogP contribution < -0.4 is 5.32 Å². The summed E-state index contributed by atoms with van der Waals surface area (Å²) in [5.41, 5.74) is -3.61. The van der Waals surface area contributed by atoms with Crippen LogP contribution in [0.1, 0.15) is 45.1 Å². The van der Waals surface area contributed by atoms with E-state index < -0.39 is 52.9 Å². The molecule has 3 rings (SSSR count). The van der Waals surface area contributed by atoms with Crippen molar-refractivity contribution in [3.8, 4) is 0 Å². The molecular formula is C20H13ClF7N3O3. The van der Waals surface area contributed by atoms with Crippen molar-refractivity contribution in [1.82, 2.24) is 15.3 Å². The predicted molar refractivity (Wildman–Crippen MR) is 105 cm³/mol. The van der Waals surface area contributed by atoms with E-state index in [0.717, 1.165) is 6.07 Å². The highest BCUT2D eigenvalue weighted by molar-refractivity contribution is 6.34. The molecule has 2 heterocycles. The molecule has 0 aliphatic rings. The van der Waals surface area contributed by atoms with Crippen LogP contribution in [0.3, 0.4) is 0 Å². The Balaban J connectivity index is 1.96. The largest absolute Gasteiger partial charge is 0.461 e. The molecule has 0 radical (unpaired) electrons. The van der Waals surface area contributed by atoms with Crippen LogP contribution in [0.15, 0.2) is 30.3 Å². The third-order valence-corrected chi connectivity index (χ3v) is 4.79. The van der Waals surface area contributed by atoms with Crippen LogP contribution in [0.5, 0.6) is 0 Å². The van der Waals surface area contributed by atoms with Crippen LogP contribution in [0.25, 0.3) is 11.0 Å². The van der Waals surface area contributed by atoms with Crippen molar-refractivity contribution < 1.29 is 45.1 Å². The molecule has 34 heavy (non-hydrogen) atoms. The van der Waals surface area contributed by atoms with Gasteiger partial charge >= 0.3 is 18.3 Å². The fourth-order valence-corrected chi connectivity index (χ4v) is 3.23. The number of hydrogen-bond acceptors (Lipinski definition) is 4. The Labute approximate surface area is 191 Å². The van der Waals surface area contributed by atoms with Gasteiger partial charge in [0.1, 0.15) is 11.5 Å². The SMILES string of the molecule is CCOC(=O)c1nc2cc(C(=O)NC(c3ccc(F)c(C(F)(F)F)c3)C(F)(F)F)[nH]c2cc1Cl. The lowest BCUT2D eigenvalue weighted by atomic mass is 10.0. The van der Waals surface area contributed by atoms with E-state index in [-0.39, 0.29) is 40.5 Å². The van der Waals surface area contributed by atoms with Crippen molar-refractivity contribution in [2.75, 3.05) is 6.61 Å². The van der Waals surface area contributed by atoms with Gasteiger partial charge in [0.15, 0.2) is 11.7 Å². The minimum atomic E-state index is -5.25. The first-order valence-electron chi connectivity index (χ1n) is 9.33. The summed E-state index contributed by atoms with van der Waals surface area (Å²) < 4.78 is 97.9. The quantitative estimate of drug-likeness (QED) is 0.346. The number of nitrogens with one attached hydrogen (secondary N) is 2. The van der Waals surface area contributed by atoms with E-state index in [1.54, 1.807) is 12.2 Å². The Morgan fingerprint density at radius 3 is 2.41 bits per heavy atom. The summed E-state index contributed by atoms with van der Waals surface area (Å²) in [5, 5.41) is 1.43. The number of amides is 1. The number of aromatic nitrogens is 2. The number of nitrogens with zero attached hydrogens (tertiary/aromatic N) is 1. The van der Waals surface area contributed by atoms with E-state index in [1.807, 2.05) is 0 Å². The molecule has 0 aliphatic heterocycles. The average molecular weight is 512 g/mol. The van der Waals surface area contributed by atoms with Crippen LogP contribution in [-0.2, 0) is 10.9 Å². The first kappa shape index (κ1) is 25.3. The maximum absolute atomic E-state index is 13.6. The lowest BCUT2D eigenvalue weighted by Gasteiger charge is -2.23. The predicted octanol–water partition coefficient (Wildman–Crippen LogP) is 5.58. The number of hydrogen-bond donors (Lipinski definition) is 2. The monoisotopic (exact) mass is 511 g/mol. The van der Waals surface area contributed by atoms with E-state index in [2.05, 4.69) is 9.97 Å². The lowest BCUT2D eigenvalue weighted by Crippen LogP contribution is -2.38. The van der Waals surface area contributed by atoms with Crippen LogP contribution in [0.4, 0.5) is 30.7 Å². The van der Waals surface area contributed by atoms with E-state index in [9.17, 15) is 40.3 Å². The summed E-state index contributed by atoms with van der Waals surface area (Å²) in [6.45, 7) is 1.56. The maximum atomic E-state index is 13.6. The van der Waals surface area contributed by atoms with E-state index >= 15 is 0 Å². The molecule has 0 fully saturated rings. The number of rotatable bonds is 5. The molecule has 0 bridgehead atoms. The number of aromatic amines is 1. The van der Waals surface area contributed by atoms with Gasteiger partial charge < -0.3 is 15.0 Å². The summed E-state index contributed by atoms with van der Waals surface area (Å²) in [6, 6.07) is 0.0222. The Kier molecular flexibility index (Phi) is 6.78. The first-order valence-corrected chi connectivity index (χ1v) is 9.70. The minimum absolute atomic E-state index is 0.0118. The van der Waals surface area contributed by atoms with Crippen LogP contribution >= 0.6 is 11.6 Å². The van der Waals surface area contributed by atoms with E-state index in [0.29, 0.717) is 6.07 Å². The smallest absolute Gasteiger partial charge is 0.419 e. The molecule has 1 aromatic carbocycles. The van der Waals surface area contributed by atoms with Crippen LogP contribution in [0.2, 0.25) is 5.02 Å². The molecule has 2 aromatic heterocycles. The topological polar surface area (TPSA) is 84.1 Å². The van der Waals surface area contributed by atoms with Crippen molar-refractivity contribution in [2.24, 2.45) is 0 Å². The number of carbonyl (C=O) groups is 2. The van der Waals surface area contributed by atoms with E-state index in [1.165, 1.54) is 6.07 Å². The van der Waals surface area contributed by atoms with Gasteiger partial charge in [-0.1, -0.05) is 17.7 Å². The number of alkyl halides is 6. The Bertz CT molecular complexity index is 1250.